The highest BCUT2D eigenvalue weighted by Crippen LogP contribution is 2.25. The molecule has 0 aromatic carbocycles. The second-order valence-electron chi connectivity index (χ2n) is 7.55. The summed E-state index contributed by atoms with van der Waals surface area (Å²) in [5.41, 5.74) is 3.87. The van der Waals surface area contributed by atoms with Crippen LogP contribution in [0, 0.1) is 19.3 Å². The summed E-state index contributed by atoms with van der Waals surface area (Å²) in [7, 11) is 0. The Morgan fingerprint density at radius 2 is 1.70 bits per heavy atom. The summed E-state index contributed by atoms with van der Waals surface area (Å²) in [6.07, 6.45) is 3.61. The van der Waals surface area contributed by atoms with Crippen LogP contribution in [0.25, 0.3) is 0 Å². The summed E-state index contributed by atoms with van der Waals surface area (Å²) in [5, 5.41) is 3.61. The molecule has 1 heterocycles. The van der Waals surface area contributed by atoms with Crippen molar-refractivity contribution in [3.05, 3.63) is 22.8 Å². The minimum Gasteiger partial charge on any atom is -0.313 e. The summed E-state index contributed by atoms with van der Waals surface area (Å²) >= 11 is 0. The van der Waals surface area contributed by atoms with Crippen LogP contribution in [0.5, 0.6) is 0 Å². The van der Waals surface area contributed by atoms with Gasteiger partial charge in [-0.1, -0.05) is 27.7 Å². The Kier molecular flexibility index (Phi) is 4.48. The van der Waals surface area contributed by atoms with E-state index in [0.29, 0.717) is 5.92 Å². The normalized spacial score (nSPS) is 17.3. The molecule has 0 aliphatic heterocycles. The zero-order valence-electron chi connectivity index (χ0n) is 13.9. The third-order valence-electron chi connectivity index (χ3n) is 3.84. The second-order valence-corrected chi connectivity index (χ2v) is 7.55. The third kappa shape index (κ3) is 4.27. The smallest absolute Gasteiger partial charge is 0.129 e. The molecule has 1 unspecified atom stereocenters. The van der Waals surface area contributed by atoms with E-state index in [0.717, 1.165) is 36.2 Å². The van der Waals surface area contributed by atoms with Gasteiger partial charge in [-0.3, -0.25) is 0 Å². The monoisotopic (exact) mass is 275 g/mol. The van der Waals surface area contributed by atoms with Crippen LogP contribution in [0.3, 0.4) is 0 Å². The lowest BCUT2D eigenvalue weighted by Crippen LogP contribution is -2.24. The van der Waals surface area contributed by atoms with Crippen molar-refractivity contribution in [2.45, 2.75) is 72.8 Å². The minimum atomic E-state index is 0.236. The molecule has 1 aromatic rings. The van der Waals surface area contributed by atoms with Crippen molar-refractivity contribution in [1.29, 1.82) is 0 Å². The van der Waals surface area contributed by atoms with Crippen LogP contribution in [0.2, 0.25) is 0 Å². The Labute approximate surface area is 123 Å². The molecule has 112 valence electrons. The van der Waals surface area contributed by atoms with Gasteiger partial charge >= 0.3 is 0 Å². The second kappa shape index (κ2) is 5.80. The van der Waals surface area contributed by atoms with Crippen LogP contribution in [-0.2, 0) is 6.42 Å². The zero-order valence-corrected chi connectivity index (χ0v) is 13.9. The van der Waals surface area contributed by atoms with Gasteiger partial charge in [0, 0.05) is 30.4 Å². The minimum absolute atomic E-state index is 0.236. The van der Waals surface area contributed by atoms with Gasteiger partial charge in [-0.2, -0.15) is 0 Å². The van der Waals surface area contributed by atoms with E-state index in [9.17, 15) is 0 Å². The number of hydrogen-bond donors (Lipinski definition) is 1. The summed E-state index contributed by atoms with van der Waals surface area (Å²) in [5.74, 6) is 1.47. The number of nitrogens with zero attached hydrogens (tertiary/aromatic N) is 2. The first-order chi connectivity index (χ1) is 9.26. The molecule has 0 amide bonds. The summed E-state index contributed by atoms with van der Waals surface area (Å²) in [6, 6.07) is 0.763. The summed E-state index contributed by atoms with van der Waals surface area (Å²) in [6.45, 7) is 14.3. The maximum atomic E-state index is 4.74. The Balaban J connectivity index is 2.12. The van der Waals surface area contributed by atoms with Crippen molar-refractivity contribution in [3.63, 3.8) is 0 Å². The molecule has 1 saturated carbocycles. The van der Waals surface area contributed by atoms with Crippen LogP contribution in [-0.4, -0.2) is 22.6 Å². The molecule has 20 heavy (non-hydrogen) atoms. The number of rotatable bonds is 5. The summed E-state index contributed by atoms with van der Waals surface area (Å²) < 4.78 is 0. The average Bonchev–Trinajstić information content (AvgIpc) is 3.06. The molecule has 1 aliphatic rings. The lowest BCUT2D eigenvalue weighted by Gasteiger charge is -2.21. The van der Waals surface area contributed by atoms with Gasteiger partial charge in [-0.05, 0) is 43.6 Å². The number of hydrogen-bond acceptors (Lipinski definition) is 3. The van der Waals surface area contributed by atoms with Gasteiger partial charge in [0.2, 0.25) is 0 Å². The standard InChI is InChI=1S/C17H29N3/c1-11(10-18-14-7-8-14)16-12(2)19-15(20-13(16)3)9-17(4,5)6/h11,14,18H,7-10H2,1-6H3. The van der Waals surface area contributed by atoms with Gasteiger partial charge in [0.15, 0.2) is 0 Å². The van der Waals surface area contributed by atoms with Crippen molar-refractivity contribution >= 4 is 0 Å². The number of nitrogens with one attached hydrogen (secondary N) is 1. The van der Waals surface area contributed by atoms with Crippen molar-refractivity contribution < 1.29 is 0 Å². The van der Waals surface area contributed by atoms with Crippen LogP contribution in [0.1, 0.15) is 69.2 Å². The van der Waals surface area contributed by atoms with Gasteiger partial charge in [-0.25, -0.2) is 9.97 Å². The first-order valence-corrected chi connectivity index (χ1v) is 7.83. The topological polar surface area (TPSA) is 37.8 Å². The van der Waals surface area contributed by atoms with E-state index in [4.69, 9.17) is 9.97 Å². The Hall–Kier alpha value is -0.960. The average molecular weight is 275 g/mol. The molecule has 1 aliphatic carbocycles. The fraction of sp³-hybridized carbons (Fsp3) is 0.765. The molecular formula is C17H29N3. The molecule has 3 nitrogen and oxygen atoms in total. The highest BCUT2D eigenvalue weighted by Gasteiger charge is 2.23. The van der Waals surface area contributed by atoms with E-state index < -0.39 is 0 Å². The molecular weight excluding hydrogens is 246 g/mol. The third-order valence-corrected chi connectivity index (χ3v) is 3.84. The van der Waals surface area contributed by atoms with E-state index in [-0.39, 0.29) is 5.41 Å². The predicted molar refractivity (Wildman–Crippen MR) is 84.1 cm³/mol. The highest BCUT2D eigenvalue weighted by atomic mass is 15.0. The van der Waals surface area contributed by atoms with Crippen molar-refractivity contribution in [1.82, 2.24) is 15.3 Å². The van der Waals surface area contributed by atoms with Gasteiger partial charge in [-0.15, -0.1) is 0 Å². The van der Waals surface area contributed by atoms with Crippen LogP contribution >= 0.6 is 0 Å². The van der Waals surface area contributed by atoms with Gasteiger partial charge in [0.05, 0.1) is 0 Å². The molecule has 3 heteroatoms. The lowest BCUT2D eigenvalue weighted by atomic mass is 9.91. The molecule has 1 fully saturated rings. The van der Waals surface area contributed by atoms with E-state index >= 15 is 0 Å². The fourth-order valence-corrected chi connectivity index (χ4v) is 2.79. The van der Waals surface area contributed by atoms with Gasteiger partial charge in [0.25, 0.3) is 0 Å². The van der Waals surface area contributed by atoms with E-state index in [1.165, 1.54) is 18.4 Å². The SMILES string of the molecule is Cc1nc(CC(C)(C)C)nc(C)c1C(C)CNC1CC1. The van der Waals surface area contributed by atoms with Crippen molar-refractivity contribution in [2.24, 2.45) is 5.41 Å². The molecule has 0 spiro atoms. The highest BCUT2D eigenvalue weighted by molar-refractivity contribution is 5.28. The van der Waals surface area contributed by atoms with Crippen LogP contribution in [0.4, 0.5) is 0 Å². The van der Waals surface area contributed by atoms with Gasteiger partial charge < -0.3 is 5.32 Å². The Morgan fingerprint density at radius 1 is 1.15 bits per heavy atom. The maximum absolute atomic E-state index is 4.74. The summed E-state index contributed by atoms with van der Waals surface area (Å²) in [4.78, 5) is 9.49. The van der Waals surface area contributed by atoms with E-state index in [1.807, 2.05) is 0 Å². The Morgan fingerprint density at radius 3 is 2.15 bits per heavy atom. The number of aromatic nitrogens is 2. The van der Waals surface area contributed by atoms with Crippen LogP contribution < -0.4 is 5.32 Å². The largest absolute Gasteiger partial charge is 0.313 e. The molecule has 0 saturated heterocycles. The molecule has 1 aromatic heterocycles. The van der Waals surface area contributed by atoms with Gasteiger partial charge in [0.1, 0.15) is 5.82 Å². The Bertz CT molecular complexity index is 447. The van der Waals surface area contributed by atoms with Crippen molar-refractivity contribution in [2.75, 3.05) is 6.54 Å². The van der Waals surface area contributed by atoms with E-state index in [1.54, 1.807) is 0 Å². The predicted octanol–water partition coefficient (Wildman–Crippen LogP) is 3.54. The van der Waals surface area contributed by atoms with E-state index in [2.05, 4.69) is 46.9 Å². The molecule has 2 rings (SSSR count). The first-order valence-electron chi connectivity index (χ1n) is 7.83. The number of aryl methyl sites for hydroxylation is 2. The van der Waals surface area contributed by atoms with Crippen LogP contribution in [0.15, 0.2) is 0 Å². The molecule has 1 atom stereocenters. The maximum Gasteiger partial charge on any atom is 0.129 e. The lowest BCUT2D eigenvalue weighted by molar-refractivity contribution is 0.399. The quantitative estimate of drug-likeness (QED) is 0.893. The molecule has 1 N–H and O–H groups in total. The van der Waals surface area contributed by atoms with Crippen molar-refractivity contribution in [3.8, 4) is 0 Å². The molecule has 0 bridgehead atoms. The molecule has 0 radical (unpaired) electrons. The first kappa shape index (κ1) is 15.4. The fourth-order valence-electron chi connectivity index (χ4n) is 2.79. The zero-order chi connectivity index (χ0) is 14.9.